The van der Waals surface area contributed by atoms with Gasteiger partial charge in [-0.2, -0.15) is 0 Å². The third-order valence-corrected chi connectivity index (χ3v) is 11.6. The second kappa shape index (κ2) is 12.5. The molecule has 54 heavy (non-hydrogen) atoms. The maximum Gasteiger partial charge on any atom is 0.0551 e. The minimum atomic E-state index is 1.15. The van der Waals surface area contributed by atoms with E-state index in [-0.39, 0.29) is 0 Å². The lowest BCUT2D eigenvalue weighted by atomic mass is 9.80. The fourth-order valence-electron chi connectivity index (χ4n) is 9.04. The van der Waals surface area contributed by atoms with E-state index < -0.39 is 0 Å². The second-order valence-electron chi connectivity index (χ2n) is 14.8. The molecule has 2 heteroatoms. The molecule has 0 saturated heterocycles. The number of nitrogens with one attached hydrogen (secondary N) is 2. The highest BCUT2D eigenvalue weighted by atomic mass is 14.7. The predicted octanol–water partition coefficient (Wildman–Crippen LogP) is 14.5. The van der Waals surface area contributed by atoms with Crippen molar-refractivity contribution < 1.29 is 0 Å². The van der Waals surface area contributed by atoms with Gasteiger partial charge >= 0.3 is 0 Å². The molecule has 258 valence electrons. The maximum atomic E-state index is 3.99. The first-order valence-corrected chi connectivity index (χ1v) is 18.9. The van der Waals surface area contributed by atoms with Crippen LogP contribution in [0.5, 0.6) is 0 Å². The van der Waals surface area contributed by atoms with Crippen molar-refractivity contribution in [3.63, 3.8) is 0 Å². The number of H-pyrrole nitrogens is 2. The molecule has 0 aliphatic heterocycles. The van der Waals surface area contributed by atoms with Crippen LogP contribution in [0.4, 0.5) is 0 Å². The standard InChI is InChI=1S/C52H40N2/c1-31-15-8-10-21-36(31)39-27-29-42-46-33(3)17-12-25-44(46)53-51(42)49(39)41-24-14-23-38(35-19-6-5-7-20-35)48(41)50-40(37-22-11-9-16-32(37)2)28-30-43-47-34(4)18-13-26-45(47)54-52(43)50/h5-30,53-54H,1-4H3. The van der Waals surface area contributed by atoms with Crippen molar-refractivity contribution in [1.82, 2.24) is 9.97 Å². The van der Waals surface area contributed by atoms with Crippen LogP contribution in [0.1, 0.15) is 22.3 Å². The molecule has 0 radical (unpaired) electrons. The van der Waals surface area contributed by atoms with E-state index in [0.717, 1.165) is 22.1 Å². The highest BCUT2D eigenvalue weighted by molar-refractivity contribution is 6.21. The summed E-state index contributed by atoms with van der Waals surface area (Å²) in [5, 5.41) is 5.03. The summed E-state index contributed by atoms with van der Waals surface area (Å²) in [7, 11) is 0. The van der Waals surface area contributed by atoms with E-state index in [1.54, 1.807) is 0 Å². The van der Waals surface area contributed by atoms with Gasteiger partial charge in [-0.15, -0.1) is 0 Å². The van der Waals surface area contributed by atoms with Gasteiger partial charge < -0.3 is 9.97 Å². The molecule has 2 nitrogen and oxygen atoms in total. The van der Waals surface area contributed by atoms with Gasteiger partial charge in [0, 0.05) is 49.3 Å². The SMILES string of the molecule is Cc1ccccc1-c1ccc2c([nH]c3cccc(C)c32)c1-c1cccc(-c2ccccc2)c1-c1c(-c2ccccc2C)ccc2c1[nH]c1cccc(C)c12. The van der Waals surface area contributed by atoms with Crippen LogP contribution < -0.4 is 0 Å². The van der Waals surface area contributed by atoms with Crippen LogP contribution in [-0.2, 0) is 0 Å². The molecule has 10 rings (SSSR count). The Kier molecular flexibility index (Phi) is 7.42. The van der Waals surface area contributed by atoms with Crippen molar-refractivity contribution in [3.05, 3.63) is 180 Å². The number of hydrogen-bond donors (Lipinski definition) is 2. The van der Waals surface area contributed by atoms with Gasteiger partial charge in [-0.25, -0.2) is 0 Å². The van der Waals surface area contributed by atoms with Crippen molar-refractivity contribution in [2.24, 2.45) is 0 Å². The van der Waals surface area contributed by atoms with Gasteiger partial charge in [0.05, 0.1) is 11.0 Å². The Labute approximate surface area is 315 Å². The first-order valence-electron chi connectivity index (χ1n) is 18.9. The normalized spacial score (nSPS) is 11.7. The number of fused-ring (bicyclic) bond motifs is 6. The van der Waals surface area contributed by atoms with Crippen LogP contribution in [0, 0.1) is 27.7 Å². The van der Waals surface area contributed by atoms with Crippen molar-refractivity contribution in [2.75, 3.05) is 0 Å². The molecule has 0 aliphatic carbocycles. The molecule has 2 aromatic heterocycles. The topological polar surface area (TPSA) is 31.6 Å². The van der Waals surface area contributed by atoms with E-state index in [0.29, 0.717) is 0 Å². The Hall–Kier alpha value is -6.64. The Bertz CT molecular complexity index is 3080. The number of aromatic nitrogens is 2. The number of rotatable bonds is 5. The Balaban J connectivity index is 1.45. The molecule has 0 bridgehead atoms. The van der Waals surface area contributed by atoms with Gasteiger partial charge in [-0.05, 0) is 101 Å². The lowest BCUT2D eigenvalue weighted by Gasteiger charge is -2.23. The molecule has 0 unspecified atom stereocenters. The summed E-state index contributed by atoms with van der Waals surface area (Å²) in [5.74, 6) is 0. The van der Waals surface area contributed by atoms with E-state index in [1.165, 1.54) is 99.4 Å². The average Bonchev–Trinajstić information content (AvgIpc) is 3.78. The van der Waals surface area contributed by atoms with Crippen molar-refractivity contribution in [3.8, 4) is 55.6 Å². The first kappa shape index (κ1) is 32.0. The molecule has 2 heterocycles. The molecular formula is C52H40N2. The summed E-state index contributed by atoms with van der Waals surface area (Å²) in [6.07, 6.45) is 0. The van der Waals surface area contributed by atoms with Crippen molar-refractivity contribution in [2.45, 2.75) is 27.7 Å². The molecule has 2 N–H and O–H groups in total. The minimum absolute atomic E-state index is 1.15. The number of aromatic amines is 2. The summed E-state index contributed by atoms with van der Waals surface area (Å²) in [6, 6.07) is 58.0. The Morgan fingerprint density at radius 3 is 1.31 bits per heavy atom. The maximum absolute atomic E-state index is 3.99. The van der Waals surface area contributed by atoms with Gasteiger partial charge in [-0.3, -0.25) is 0 Å². The molecule has 10 aromatic rings. The monoisotopic (exact) mass is 692 g/mol. The van der Waals surface area contributed by atoms with Gasteiger partial charge in [0.2, 0.25) is 0 Å². The summed E-state index contributed by atoms with van der Waals surface area (Å²) < 4.78 is 0. The van der Waals surface area contributed by atoms with E-state index >= 15 is 0 Å². The second-order valence-corrected chi connectivity index (χ2v) is 14.8. The molecule has 0 fully saturated rings. The van der Waals surface area contributed by atoms with E-state index in [4.69, 9.17) is 0 Å². The summed E-state index contributed by atoms with van der Waals surface area (Å²) in [6.45, 7) is 8.90. The Morgan fingerprint density at radius 1 is 0.296 bits per heavy atom. The van der Waals surface area contributed by atoms with E-state index in [1.807, 2.05) is 0 Å². The zero-order valence-corrected chi connectivity index (χ0v) is 31.0. The molecule has 0 saturated carbocycles. The van der Waals surface area contributed by atoms with Crippen LogP contribution in [0.15, 0.2) is 158 Å². The molecule has 8 aromatic carbocycles. The Morgan fingerprint density at radius 2 is 0.741 bits per heavy atom. The predicted molar refractivity (Wildman–Crippen MR) is 231 cm³/mol. The lowest BCUT2D eigenvalue weighted by Crippen LogP contribution is -1.97. The number of aryl methyl sites for hydroxylation is 4. The number of benzene rings is 8. The van der Waals surface area contributed by atoms with Crippen LogP contribution in [0.25, 0.3) is 99.2 Å². The summed E-state index contributed by atoms with van der Waals surface area (Å²) in [4.78, 5) is 7.95. The fraction of sp³-hybridized carbons (Fsp3) is 0.0769. The van der Waals surface area contributed by atoms with E-state index in [9.17, 15) is 0 Å². The van der Waals surface area contributed by atoms with Gasteiger partial charge in [0.1, 0.15) is 0 Å². The van der Waals surface area contributed by atoms with Crippen LogP contribution >= 0.6 is 0 Å². The minimum Gasteiger partial charge on any atom is -0.354 e. The third-order valence-electron chi connectivity index (χ3n) is 11.6. The van der Waals surface area contributed by atoms with Crippen LogP contribution in [-0.4, -0.2) is 9.97 Å². The van der Waals surface area contributed by atoms with Crippen LogP contribution in [0.3, 0.4) is 0 Å². The highest BCUT2D eigenvalue weighted by Crippen LogP contribution is 2.52. The largest absolute Gasteiger partial charge is 0.354 e. The molecule has 0 aliphatic rings. The van der Waals surface area contributed by atoms with E-state index in [2.05, 4.69) is 195 Å². The quantitative estimate of drug-likeness (QED) is 0.180. The van der Waals surface area contributed by atoms with Gasteiger partial charge in [0.25, 0.3) is 0 Å². The van der Waals surface area contributed by atoms with Crippen LogP contribution in [0.2, 0.25) is 0 Å². The van der Waals surface area contributed by atoms with Gasteiger partial charge in [-0.1, -0.05) is 146 Å². The number of hydrogen-bond acceptors (Lipinski definition) is 0. The zero-order valence-electron chi connectivity index (χ0n) is 31.0. The third kappa shape index (κ3) is 4.87. The lowest BCUT2D eigenvalue weighted by molar-refractivity contribution is 1.45. The highest BCUT2D eigenvalue weighted by Gasteiger charge is 2.26. The average molecular weight is 693 g/mol. The molecule has 0 spiro atoms. The zero-order chi connectivity index (χ0) is 36.5. The molecule has 0 amide bonds. The smallest absolute Gasteiger partial charge is 0.0551 e. The molecule has 0 atom stereocenters. The van der Waals surface area contributed by atoms with Crippen molar-refractivity contribution >= 4 is 43.6 Å². The summed E-state index contributed by atoms with van der Waals surface area (Å²) in [5.41, 5.74) is 21.8. The van der Waals surface area contributed by atoms with Crippen molar-refractivity contribution in [1.29, 1.82) is 0 Å². The molecular weight excluding hydrogens is 653 g/mol. The van der Waals surface area contributed by atoms with Gasteiger partial charge in [0.15, 0.2) is 0 Å². The first-order chi connectivity index (χ1) is 26.5. The summed E-state index contributed by atoms with van der Waals surface area (Å²) >= 11 is 0. The fourth-order valence-corrected chi connectivity index (χ4v) is 9.04.